The number of hydrogen-bond acceptors (Lipinski definition) is 3. The Morgan fingerprint density at radius 2 is 1.71 bits per heavy atom. The predicted octanol–water partition coefficient (Wildman–Crippen LogP) is 4.35. The fraction of sp³-hybridized carbons (Fsp3) is 0.316. The second-order valence-electron chi connectivity index (χ2n) is 6.64. The van der Waals surface area contributed by atoms with Crippen LogP contribution in [0.1, 0.15) is 35.2 Å². The fourth-order valence-electron chi connectivity index (χ4n) is 3.04. The van der Waals surface area contributed by atoms with Crippen molar-refractivity contribution < 1.29 is 22.0 Å². The summed E-state index contributed by atoms with van der Waals surface area (Å²) in [4.78, 5) is 12.5. The largest absolute Gasteiger partial charge is 0.322 e. The molecule has 0 unspecified atom stereocenters. The van der Waals surface area contributed by atoms with Gasteiger partial charge in [-0.3, -0.25) is 4.79 Å². The Balaban J connectivity index is 1.90. The molecule has 150 valence electrons. The highest BCUT2D eigenvalue weighted by molar-refractivity contribution is 7.89. The van der Waals surface area contributed by atoms with Crippen LogP contribution in [0.25, 0.3) is 0 Å². The van der Waals surface area contributed by atoms with Gasteiger partial charge in [0, 0.05) is 18.8 Å². The number of nitrogens with zero attached hydrogens (tertiary/aromatic N) is 1. The van der Waals surface area contributed by atoms with Crippen molar-refractivity contribution >= 4 is 33.2 Å². The Morgan fingerprint density at radius 1 is 1.07 bits per heavy atom. The third-order valence-electron chi connectivity index (χ3n) is 4.66. The molecule has 0 atom stereocenters. The van der Waals surface area contributed by atoms with E-state index in [2.05, 4.69) is 5.32 Å². The van der Waals surface area contributed by atoms with Crippen molar-refractivity contribution in [3.63, 3.8) is 0 Å². The number of hydrogen-bond donors (Lipinski definition) is 1. The first kappa shape index (κ1) is 20.7. The summed E-state index contributed by atoms with van der Waals surface area (Å²) in [7, 11) is -3.68. The van der Waals surface area contributed by atoms with E-state index in [1.165, 1.54) is 16.4 Å². The molecule has 0 radical (unpaired) electrons. The molecule has 0 aromatic heterocycles. The molecule has 1 fully saturated rings. The number of nitrogens with one attached hydrogen (secondary N) is 1. The van der Waals surface area contributed by atoms with Crippen molar-refractivity contribution in [1.82, 2.24) is 4.31 Å². The molecule has 5 nitrogen and oxygen atoms in total. The summed E-state index contributed by atoms with van der Waals surface area (Å²) in [5.74, 6) is -3.13. The molecule has 1 aliphatic rings. The molecular weight excluding hydrogens is 410 g/mol. The van der Waals surface area contributed by atoms with E-state index in [-0.39, 0.29) is 21.2 Å². The number of carbonyl (C=O) groups excluding carboxylic acids is 1. The maximum absolute atomic E-state index is 13.5. The van der Waals surface area contributed by atoms with E-state index in [1.54, 1.807) is 13.0 Å². The van der Waals surface area contributed by atoms with Crippen LogP contribution in [0, 0.1) is 18.6 Å². The maximum Gasteiger partial charge on any atom is 0.257 e. The Hall–Kier alpha value is -2.03. The molecular formula is C19H19ClF2N2O3S. The van der Waals surface area contributed by atoms with E-state index in [0.29, 0.717) is 24.7 Å². The molecule has 1 N–H and O–H groups in total. The first-order valence-corrected chi connectivity index (χ1v) is 10.6. The zero-order chi connectivity index (χ0) is 20.5. The van der Waals surface area contributed by atoms with Crippen molar-refractivity contribution in [2.45, 2.75) is 31.1 Å². The van der Waals surface area contributed by atoms with Crippen LogP contribution < -0.4 is 5.32 Å². The molecule has 1 amide bonds. The number of rotatable bonds is 4. The summed E-state index contributed by atoms with van der Waals surface area (Å²) < 4.78 is 53.8. The Labute approximate surface area is 167 Å². The zero-order valence-corrected chi connectivity index (χ0v) is 16.7. The second-order valence-corrected chi connectivity index (χ2v) is 8.99. The third-order valence-corrected chi connectivity index (χ3v) is 6.87. The molecule has 1 saturated heterocycles. The van der Waals surface area contributed by atoms with Crippen LogP contribution in [0.2, 0.25) is 5.02 Å². The van der Waals surface area contributed by atoms with Crippen LogP contribution in [-0.4, -0.2) is 31.7 Å². The minimum Gasteiger partial charge on any atom is -0.322 e. The fourth-order valence-corrected chi connectivity index (χ4v) is 4.82. The van der Waals surface area contributed by atoms with Crippen LogP contribution in [0.15, 0.2) is 35.2 Å². The second kappa shape index (κ2) is 8.14. The smallest absolute Gasteiger partial charge is 0.257 e. The first-order valence-electron chi connectivity index (χ1n) is 8.77. The number of sulfonamides is 1. The minimum atomic E-state index is -3.68. The van der Waals surface area contributed by atoms with Crippen LogP contribution in [0.3, 0.4) is 0 Å². The van der Waals surface area contributed by atoms with Gasteiger partial charge in [-0.1, -0.05) is 24.1 Å². The zero-order valence-electron chi connectivity index (χ0n) is 15.1. The number of benzene rings is 2. The number of anilines is 1. The van der Waals surface area contributed by atoms with Gasteiger partial charge in [0.1, 0.15) is 0 Å². The van der Waals surface area contributed by atoms with Crippen LogP contribution >= 0.6 is 11.6 Å². The molecule has 9 heteroatoms. The molecule has 2 aromatic rings. The monoisotopic (exact) mass is 428 g/mol. The summed E-state index contributed by atoms with van der Waals surface area (Å²) in [5, 5.41) is 2.29. The van der Waals surface area contributed by atoms with Crippen molar-refractivity contribution in [3.8, 4) is 0 Å². The predicted molar refractivity (Wildman–Crippen MR) is 103 cm³/mol. The number of aryl methyl sites for hydroxylation is 1. The van der Waals surface area contributed by atoms with Gasteiger partial charge in [-0.2, -0.15) is 4.31 Å². The molecule has 0 bridgehead atoms. The van der Waals surface area contributed by atoms with Gasteiger partial charge in [-0.05, 0) is 49.6 Å². The van der Waals surface area contributed by atoms with Crippen LogP contribution in [-0.2, 0) is 10.0 Å². The van der Waals surface area contributed by atoms with Crippen LogP contribution in [0.4, 0.5) is 14.5 Å². The van der Waals surface area contributed by atoms with Crippen molar-refractivity contribution in [1.29, 1.82) is 0 Å². The highest BCUT2D eigenvalue weighted by Crippen LogP contribution is 2.27. The lowest BCUT2D eigenvalue weighted by molar-refractivity contribution is 0.102. The van der Waals surface area contributed by atoms with Gasteiger partial charge in [-0.15, -0.1) is 0 Å². The van der Waals surface area contributed by atoms with E-state index in [1.807, 2.05) is 0 Å². The SMILES string of the molecule is Cc1ccc(S(=O)(=O)N2CCCCC2)cc1NC(=O)c1cc(F)c(F)cc1Cl. The van der Waals surface area contributed by atoms with Gasteiger partial charge >= 0.3 is 0 Å². The van der Waals surface area contributed by atoms with E-state index in [0.717, 1.165) is 25.3 Å². The maximum atomic E-state index is 13.5. The topological polar surface area (TPSA) is 66.5 Å². The Bertz CT molecular complexity index is 1020. The van der Waals surface area contributed by atoms with Gasteiger partial charge in [0.25, 0.3) is 5.91 Å². The Kier molecular flexibility index (Phi) is 6.02. The molecule has 0 saturated carbocycles. The van der Waals surface area contributed by atoms with Crippen molar-refractivity contribution in [2.24, 2.45) is 0 Å². The minimum absolute atomic E-state index is 0.0617. The molecule has 1 aliphatic heterocycles. The summed E-state index contributed by atoms with van der Waals surface area (Å²) >= 11 is 5.84. The average molecular weight is 429 g/mol. The quantitative estimate of drug-likeness (QED) is 0.736. The normalized spacial score (nSPS) is 15.4. The van der Waals surface area contributed by atoms with E-state index in [9.17, 15) is 22.0 Å². The molecule has 0 spiro atoms. The molecule has 1 heterocycles. The number of amides is 1. The van der Waals surface area contributed by atoms with Crippen molar-refractivity contribution in [2.75, 3.05) is 18.4 Å². The lowest BCUT2D eigenvalue weighted by Crippen LogP contribution is -2.35. The lowest BCUT2D eigenvalue weighted by atomic mass is 10.1. The summed E-state index contributed by atoms with van der Waals surface area (Å²) in [6.45, 7) is 2.62. The summed E-state index contributed by atoms with van der Waals surface area (Å²) in [5.41, 5.74) is 0.623. The van der Waals surface area contributed by atoms with Gasteiger partial charge in [-0.25, -0.2) is 17.2 Å². The van der Waals surface area contributed by atoms with E-state index < -0.39 is 27.6 Å². The average Bonchev–Trinajstić information content (AvgIpc) is 2.67. The van der Waals surface area contributed by atoms with Gasteiger partial charge in [0.2, 0.25) is 10.0 Å². The third kappa shape index (κ3) is 4.19. The molecule has 28 heavy (non-hydrogen) atoms. The van der Waals surface area contributed by atoms with E-state index >= 15 is 0 Å². The highest BCUT2D eigenvalue weighted by atomic mass is 35.5. The summed E-state index contributed by atoms with van der Waals surface area (Å²) in [6.07, 6.45) is 2.61. The standard InChI is InChI=1S/C19H19ClF2N2O3S/c1-12-5-6-13(28(26,27)24-7-3-2-4-8-24)9-18(12)23-19(25)14-10-16(21)17(22)11-15(14)20/h5-6,9-11H,2-4,7-8H2,1H3,(H,23,25). The van der Waals surface area contributed by atoms with Gasteiger partial charge in [0.15, 0.2) is 11.6 Å². The van der Waals surface area contributed by atoms with Crippen molar-refractivity contribution in [3.05, 3.63) is 58.1 Å². The molecule has 2 aromatic carbocycles. The number of piperidine rings is 1. The van der Waals surface area contributed by atoms with Gasteiger partial charge < -0.3 is 5.32 Å². The van der Waals surface area contributed by atoms with E-state index in [4.69, 9.17) is 11.6 Å². The Morgan fingerprint density at radius 3 is 2.39 bits per heavy atom. The van der Waals surface area contributed by atoms with Gasteiger partial charge in [0.05, 0.1) is 15.5 Å². The number of halogens is 3. The molecule has 3 rings (SSSR count). The first-order chi connectivity index (χ1) is 13.2. The lowest BCUT2D eigenvalue weighted by Gasteiger charge is -2.26. The summed E-state index contributed by atoms with van der Waals surface area (Å²) in [6, 6.07) is 5.86. The number of carbonyl (C=O) groups is 1. The molecule has 0 aliphatic carbocycles. The highest BCUT2D eigenvalue weighted by Gasteiger charge is 2.26. The van der Waals surface area contributed by atoms with Crippen LogP contribution in [0.5, 0.6) is 0 Å².